The fourth-order valence-electron chi connectivity index (χ4n) is 2.23. The van der Waals surface area contributed by atoms with Gasteiger partial charge in [0.15, 0.2) is 0 Å². The Hall–Kier alpha value is -1.21. The fourth-order valence-corrected chi connectivity index (χ4v) is 3.18. The number of hydrogen-bond acceptors (Lipinski definition) is 2. The summed E-state index contributed by atoms with van der Waals surface area (Å²) in [4.78, 5) is 13.4. The predicted molar refractivity (Wildman–Crippen MR) is 66.3 cm³/mol. The highest BCUT2D eigenvalue weighted by molar-refractivity contribution is 7.91. The highest BCUT2D eigenvalue weighted by Gasteiger charge is 2.44. The Balaban J connectivity index is 2.57. The highest BCUT2D eigenvalue weighted by Crippen LogP contribution is 2.42. The molecule has 1 aliphatic rings. The van der Waals surface area contributed by atoms with Crippen LogP contribution < -0.4 is 4.90 Å². The highest BCUT2D eigenvalue weighted by atomic mass is 32.2. The van der Waals surface area contributed by atoms with Crippen molar-refractivity contribution in [2.45, 2.75) is 18.3 Å². The second-order valence-electron chi connectivity index (χ2n) is 4.23. The lowest BCUT2D eigenvalue weighted by atomic mass is 10.1. The smallest absolute Gasteiger partial charge is 0.416 e. The molecule has 1 amide bonds. The van der Waals surface area contributed by atoms with Crippen molar-refractivity contribution in [1.82, 2.24) is 0 Å². The average molecular weight is 291 g/mol. The Morgan fingerprint density at radius 2 is 2.05 bits per heavy atom. The molecule has 2 rings (SSSR count). The zero-order valence-electron chi connectivity index (χ0n) is 10.3. The van der Waals surface area contributed by atoms with Crippen molar-refractivity contribution in [2.75, 3.05) is 17.7 Å². The molecule has 104 valence electrons. The van der Waals surface area contributed by atoms with E-state index in [1.165, 1.54) is 17.2 Å². The van der Waals surface area contributed by atoms with Gasteiger partial charge in [-0.3, -0.25) is 4.79 Å². The van der Waals surface area contributed by atoms with Crippen LogP contribution >= 0.6 is 0 Å². The zero-order valence-corrected chi connectivity index (χ0v) is 11.1. The number of benzene rings is 1. The van der Waals surface area contributed by atoms with E-state index in [0.29, 0.717) is 12.2 Å². The van der Waals surface area contributed by atoms with Crippen LogP contribution in [0.3, 0.4) is 0 Å². The summed E-state index contributed by atoms with van der Waals surface area (Å²) in [5.74, 6) is -0.405. The summed E-state index contributed by atoms with van der Waals surface area (Å²) in [7, 11) is 0. The van der Waals surface area contributed by atoms with Crippen LogP contribution in [0.15, 0.2) is 18.2 Å². The number of carbonyl (C=O) groups excluding carboxylic acids is 1. The molecule has 0 bridgehead atoms. The van der Waals surface area contributed by atoms with Crippen molar-refractivity contribution in [3.05, 3.63) is 29.3 Å². The number of alkyl halides is 3. The summed E-state index contributed by atoms with van der Waals surface area (Å²) in [6.07, 6.45) is -3.15. The molecule has 7 heteroatoms. The first-order chi connectivity index (χ1) is 8.77. The van der Waals surface area contributed by atoms with E-state index in [9.17, 15) is 22.5 Å². The zero-order chi connectivity index (χ0) is 14.4. The minimum Gasteiger partial charge on any atom is -0.616 e. The van der Waals surface area contributed by atoms with Gasteiger partial charge in [-0.2, -0.15) is 13.2 Å². The predicted octanol–water partition coefficient (Wildman–Crippen LogP) is 2.49. The molecule has 0 N–H and O–H groups in total. The van der Waals surface area contributed by atoms with Gasteiger partial charge in [0.25, 0.3) is 5.91 Å². The number of hydrogen-bond donors (Lipinski definition) is 0. The molecule has 19 heavy (non-hydrogen) atoms. The summed E-state index contributed by atoms with van der Waals surface area (Å²) in [6.45, 7) is 2.06. The molecule has 0 fully saturated rings. The lowest BCUT2D eigenvalue weighted by Crippen LogP contribution is -2.31. The van der Waals surface area contributed by atoms with Gasteiger partial charge in [-0.25, -0.2) is 0 Å². The Labute approximate surface area is 111 Å². The maximum atomic E-state index is 12.7. The van der Waals surface area contributed by atoms with Crippen LogP contribution in [0.25, 0.3) is 0 Å². The van der Waals surface area contributed by atoms with Crippen LogP contribution in [0, 0.1) is 0 Å². The molecule has 0 saturated heterocycles. The summed E-state index contributed by atoms with van der Waals surface area (Å²) in [5, 5.41) is -1.00. The molecule has 0 aliphatic carbocycles. The quantitative estimate of drug-likeness (QED) is 0.786. The largest absolute Gasteiger partial charge is 0.616 e. The van der Waals surface area contributed by atoms with E-state index in [0.717, 1.165) is 12.1 Å². The molecule has 1 aromatic rings. The van der Waals surface area contributed by atoms with Gasteiger partial charge in [-0.1, -0.05) is 0 Å². The minimum atomic E-state index is -4.47. The summed E-state index contributed by atoms with van der Waals surface area (Å²) >= 11 is -1.55. The molecule has 2 atom stereocenters. The Morgan fingerprint density at radius 3 is 2.53 bits per heavy atom. The molecular formula is C12H12F3NO2S. The summed E-state index contributed by atoms with van der Waals surface area (Å²) < 4.78 is 49.7. The molecule has 0 aromatic heterocycles. The lowest BCUT2D eigenvalue weighted by molar-refractivity contribution is -0.137. The van der Waals surface area contributed by atoms with E-state index in [1.54, 1.807) is 6.92 Å². The van der Waals surface area contributed by atoms with Crippen molar-refractivity contribution in [3.63, 3.8) is 0 Å². The van der Waals surface area contributed by atoms with E-state index in [-0.39, 0.29) is 5.56 Å². The number of nitrogens with zero attached hydrogens (tertiary/aromatic N) is 1. The molecule has 1 aliphatic heterocycles. The van der Waals surface area contributed by atoms with Crippen LogP contribution in [0.5, 0.6) is 0 Å². The lowest BCUT2D eigenvalue weighted by Gasteiger charge is -2.15. The molecule has 0 spiro atoms. The van der Waals surface area contributed by atoms with Crippen LogP contribution in [-0.2, 0) is 22.1 Å². The Kier molecular flexibility index (Phi) is 3.53. The van der Waals surface area contributed by atoms with Crippen molar-refractivity contribution in [3.8, 4) is 0 Å². The number of anilines is 1. The third-order valence-corrected chi connectivity index (χ3v) is 4.19. The van der Waals surface area contributed by atoms with Crippen LogP contribution in [0.4, 0.5) is 18.9 Å². The van der Waals surface area contributed by atoms with Crippen LogP contribution in [-0.4, -0.2) is 23.3 Å². The third kappa shape index (κ3) is 2.32. The number of halogens is 3. The van der Waals surface area contributed by atoms with Gasteiger partial charge >= 0.3 is 6.18 Å². The van der Waals surface area contributed by atoms with Gasteiger partial charge in [0.2, 0.25) is 5.25 Å². The van der Waals surface area contributed by atoms with Gasteiger partial charge < -0.3 is 9.45 Å². The maximum absolute atomic E-state index is 12.7. The van der Waals surface area contributed by atoms with E-state index >= 15 is 0 Å². The van der Waals surface area contributed by atoms with E-state index in [1.807, 2.05) is 0 Å². The van der Waals surface area contributed by atoms with Crippen molar-refractivity contribution >= 4 is 22.8 Å². The van der Waals surface area contributed by atoms with Gasteiger partial charge in [0, 0.05) is 12.1 Å². The second-order valence-corrected chi connectivity index (χ2v) is 5.70. The number of likely N-dealkylation sites (N-methyl/N-ethyl adjacent to an activating group) is 1. The van der Waals surface area contributed by atoms with E-state index < -0.39 is 34.1 Å². The topological polar surface area (TPSA) is 43.4 Å². The standard InChI is InChI=1S/C12H12F3NO2S/c1-3-16-9-5-4-7(12(13,14)15)6-8(9)10(11(16)17)19(2)18/h4-6,10H,3H2,1-2H3. The normalized spacial score (nSPS) is 20.6. The average Bonchev–Trinajstić information content (AvgIpc) is 2.58. The van der Waals surface area contributed by atoms with Gasteiger partial charge in [0.05, 0.1) is 17.5 Å². The number of rotatable bonds is 2. The van der Waals surface area contributed by atoms with Crippen LogP contribution in [0.1, 0.15) is 23.3 Å². The molecular weight excluding hydrogens is 279 g/mol. The van der Waals surface area contributed by atoms with Crippen molar-refractivity contribution in [2.24, 2.45) is 0 Å². The fraction of sp³-hybridized carbons (Fsp3) is 0.417. The molecule has 0 saturated carbocycles. The van der Waals surface area contributed by atoms with E-state index in [4.69, 9.17) is 0 Å². The first-order valence-electron chi connectivity index (χ1n) is 5.62. The SMILES string of the molecule is CCN1C(=O)C([S+](C)[O-])c2cc(C(F)(F)F)ccc21. The Bertz CT molecular complexity index is 516. The molecule has 1 heterocycles. The van der Waals surface area contributed by atoms with Crippen LogP contribution in [0.2, 0.25) is 0 Å². The van der Waals surface area contributed by atoms with Crippen molar-refractivity contribution < 1.29 is 22.5 Å². The van der Waals surface area contributed by atoms with Gasteiger partial charge in [-0.05, 0) is 36.3 Å². The first-order valence-corrected chi connectivity index (χ1v) is 7.24. The summed E-state index contributed by atoms with van der Waals surface area (Å²) in [5.41, 5.74) is -0.212. The molecule has 1 aromatic carbocycles. The Morgan fingerprint density at radius 1 is 1.42 bits per heavy atom. The summed E-state index contributed by atoms with van der Waals surface area (Å²) in [6, 6.07) is 3.14. The maximum Gasteiger partial charge on any atom is 0.416 e. The van der Waals surface area contributed by atoms with Gasteiger partial charge in [0.1, 0.15) is 0 Å². The van der Waals surface area contributed by atoms with E-state index in [2.05, 4.69) is 0 Å². The third-order valence-electron chi connectivity index (χ3n) is 3.07. The molecule has 2 unspecified atom stereocenters. The number of carbonyl (C=O) groups is 1. The second kappa shape index (κ2) is 4.72. The van der Waals surface area contributed by atoms with Gasteiger partial charge in [-0.15, -0.1) is 0 Å². The number of amides is 1. The molecule has 0 radical (unpaired) electrons. The minimum absolute atomic E-state index is 0.197. The monoisotopic (exact) mass is 291 g/mol. The molecule has 3 nitrogen and oxygen atoms in total. The van der Waals surface area contributed by atoms with Crippen molar-refractivity contribution in [1.29, 1.82) is 0 Å². The number of fused-ring (bicyclic) bond motifs is 1. The first kappa shape index (κ1) is 14.2.